The molecule has 16 heavy (non-hydrogen) atoms. The topological polar surface area (TPSA) is 72.2 Å². The number of nitrogens with one attached hydrogen (secondary N) is 1. The van der Waals surface area contributed by atoms with Gasteiger partial charge in [-0.1, -0.05) is 20.8 Å². The summed E-state index contributed by atoms with van der Waals surface area (Å²) < 4.78 is 0. The van der Waals surface area contributed by atoms with Crippen molar-refractivity contribution >= 4 is 12.1 Å². The van der Waals surface area contributed by atoms with Gasteiger partial charge >= 0.3 is 0 Å². The Bertz CT molecular complexity index is 168. The molecule has 0 saturated carbocycles. The van der Waals surface area contributed by atoms with Gasteiger partial charge in [0.25, 0.3) is 0 Å². The summed E-state index contributed by atoms with van der Waals surface area (Å²) in [5.41, 5.74) is 5.27. The zero-order valence-electron chi connectivity index (χ0n) is 11.5. The number of ketones is 1. The van der Waals surface area contributed by atoms with E-state index in [2.05, 4.69) is 19.2 Å². The van der Waals surface area contributed by atoms with Gasteiger partial charge in [-0.3, -0.25) is 4.79 Å². The largest absolute Gasteiger partial charge is 0.322 e. The van der Waals surface area contributed by atoms with E-state index in [-0.39, 0.29) is 14.7 Å². The molecule has 0 aliphatic carbocycles. The Labute approximate surface area is 103 Å². The van der Waals surface area contributed by atoms with Gasteiger partial charge in [0.1, 0.15) is 12.1 Å². The van der Waals surface area contributed by atoms with Gasteiger partial charge < -0.3 is 15.8 Å². The number of rotatable bonds is 4. The monoisotopic (exact) mass is 236 g/mol. The maximum absolute atomic E-state index is 10.2. The van der Waals surface area contributed by atoms with E-state index >= 15 is 0 Å². The molecule has 3 N–H and O–H groups in total. The first-order chi connectivity index (χ1) is 7.37. The lowest BCUT2D eigenvalue weighted by molar-refractivity contribution is -0.118. The third-order valence-electron chi connectivity index (χ3n) is 1.57. The smallest absolute Gasteiger partial charge is 0.146 e. The molecule has 0 radical (unpaired) electrons. The van der Waals surface area contributed by atoms with Crippen LogP contribution in [0.4, 0.5) is 0 Å². The lowest BCUT2D eigenvalue weighted by atomic mass is 10.2. The molecule has 0 amide bonds. The predicted molar refractivity (Wildman–Crippen MR) is 73.7 cm³/mol. The zero-order valence-corrected chi connectivity index (χ0v) is 11.5. The maximum Gasteiger partial charge on any atom is 0.146 e. The number of nitrogens with two attached hydrogens (primary N) is 1. The van der Waals surface area contributed by atoms with Crippen LogP contribution in [0.3, 0.4) is 0 Å². The van der Waals surface area contributed by atoms with Crippen molar-refractivity contribution in [2.75, 3.05) is 13.6 Å². The molecule has 0 aromatic heterocycles. The van der Waals surface area contributed by atoms with Gasteiger partial charge in [0.05, 0.1) is 6.04 Å². The molecule has 102 valence electrons. The number of hydrogen-bond acceptors (Lipinski definition) is 4. The van der Waals surface area contributed by atoms with Crippen molar-refractivity contribution in [3.05, 3.63) is 0 Å². The molecule has 0 heterocycles. The minimum absolute atomic E-state index is 0. The van der Waals surface area contributed by atoms with Gasteiger partial charge in [-0.05, 0) is 39.8 Å². The standard InChI is InChI=1S/C5H11NO.C5H13N.C2H4O.2H2/c1-3-5(6)4(2)7;1-5(2)4-6-3;1-2-3;;/h5H,3,6H2,1-2H3;5-6H,4H2,1-3H3;2H,1H3;2*1H/t5-;;;;/m0..../s1. The number of carbonyl (C=O) groups excluding carboxylic acids is 2. The van der Waals surface area contributed by atoms with Crippen molar-refractivity contribution in [3.8, 4) is 0 Å². The second kappa shape index (κ2) is 16.7. The lowest BCUT2D eigenvalue weighted by Gasteiger charge is -1.99. The first-order valence-corrected chi connectivity index (χ1v) is 5.67. The molecule has 0 aliphatic rings. The Morgan fingerprint density at radius 1 is 1.50 bits per heavy atom. The van der Waals surface area contributed by atoms with Crippen LogP contribution in [0.15, 0.2) is 0 Å². The van der Waals surface area contributed by atoms with Crippen LogP contribution in [0.25, 0.3) is 0 Å². The van der Waals surface area contributed by atoms with Crippen LogP contribution in [-0.2, 0) is 9.59 Å². The van der Waals surface area contributed by atoms with E-state index in [4.69, 9.17) is 10.5 Å². The summed E-state index contributed by atoms with van der Waals surface area (Å²) in [5.74, 6) is 0.859. The van der Waals surface area contributed by atoms with Crippen LogP contribution < -0.4 is 11.1 Å². The van der Waals surface area contributed by atoms with Crippen molar-refractivity contribution in [1.82, 2.24) is 5.32 Å². The van der Waals surface area contributed by atoms with Gasteiger partial charge in [-0.15, -0.1) is 0 Å². The number of Topliss-reactive ketones (excluding diaryl/α,β-unsaturated/α-hetero) is 1. The third-order valence-corrected chi connectivity index (χ3v) is 1.57. The third kappa shape index (κ3) is 29.2. The van der Waals surface area contributed by atoms with Crippen LogP contribution >= 0.6 is 0 Å². The molecule has 1 atom stereocenters. The van der Waals surface area contributed by atoms with E-state index in [1.807, 2.05) is 14.0 Å². The molecule has 0 spiro atoms. The van der Waals surface area contributed by atoms with Crippen LogP contribution in [-0.4, -0.2) is 31.7 Å². The predicted octanol–water partition coefficient (Wildman–Crippen LogP) is 1.87. The molecular weight excluding hydrogens is 204 g/mol. The summed E-state index contributed by atoms with van der Waals surface area (Å²) >= 11 is 0. The minimum Gasteiger partial charge on any atom is -0.322 e. The quantitative estimate of drug-likeness (QED) is 0.731. The zero-order chi connectivity index (χ0) is 13.6. The number of hydrogen-bond donors (Lipinski definition) is 2. The average molecular weight is 236 g/mol. The summed E-state index contributed by atoms with van der Waals surface area (Å²) in [4.78, 5) is 19.1. The van der Waals surface area contributed by atoms with E-state index in [1.54, 1.807) is 0 Å². The van der Waals surface area contributed by atoms with Crippen molar-refractivity contribution in [3.63, 3.8) is 0 Å². The molecule has 0 aliphatic heterocycles. The lowest BCUT2D eigenvalue weighted by Crippen LogP contribution is -2.26. The second-order valence-corrected chi connectivity index (χ2v) is 3.81. The highest BCUT2D eigenvalue weighted by Crippen LogP contribution is 1.84. The van der Waals surface area contributed by atoms with Crippen molar-refractivity contribution in [1.29, 1.82) is 0 Å². The summed E-state index contributed by atoms with van der Waals surface area (Å²) in [6, 6.07) is -0.236. The molecule has 4 heteroatoms. The Kier molecular flexibility index (Phi) is 21.5. The van der Waals surface area contributed by atoms with Crippen molar-refractivity contribution in [2.24, 2.45) is 11.7 Å². The fraction of sp³-hybridized carbons (Fsp3) is 0.833. The fourth-order valence-electron chi connectivity index (χ4n) is 0.696. The van der Waals surface area contributed by atoms with Gasteiger partial charge in [-0.25, -0.2) is 0 Å². The SMILES string of the molecule is CC=O.CC[C@H](N)C(C)=O.CNCC(C)C.[HH].[HH]. The Morgan fingerprint density at radius 3 is 1.88 bits per heavy atom. The molecule has 0 unspecified atom stereocenters. The summed E-state index contributed by atoms with van der Waals surface area (Å²) in [6.07, 6.45) is 1.50. The Hall–Kier alpha value is -0.740. The molecule has 4 nitrogen and oxygen atoms in total. The highest BCUT2D eigenvalue weighted by Gasteiger charge is 2.01. The highest BCUT2D eigenvalue weighted by atomic mass is 16.1. The summed E-state index contributed by atoms with van der Waals surface area (Å²) in [6.45, 7) is 10.4. The van der Waals surface area contributed by atoms with E-state index in [0.717, 1.165) is 25.2 Å². The van der Waals surface area contributed by atoms with Gasteiger partial charge in [-0.2, -0.15) is 0 Å². The molecule has 0 aromatic rings. The van der Waals surface area contributed by atoms with E-state index < -0.39 is 0 Å². The van der Waals surface area contributed by atoms with Gasteiger partial charge in [0, 0.05) is 2.85 Å². The second-order valence-electron chi connectivity index (χ2n) is 3.81. The summed E-state index contributed by atoms with van der Waals surface area (Å²) in [5, 5.41) is 3.07. The average Bonchev–Trinajstić information content (AvgIpc) is 2.18. The van der Waals surface area contributed by atoms with Gasteiger partial charge in [0.15, 0.2) is 0 Å². The Balaban J connectivity index is -0.0000000475. The van der Waals surface area contributed by atoms with E-state index in [9.17, 15) is 4.79 Å². The number of aldehydes is 1. The molecule has 0 aromatic carbocycles. The normalized spacial score (nSPS) is 10.5. The van der Waals surface area contributed by atoms with Crippen LogP contribution in [0.1, 0.15) is 43.9 Å². The van der Waals surface area contributed by atoms with Crippen LogP contribution in [0.5, 0.6) is 0 Å². The van der Waals surface area contributed by atoms with Crippen LogP contribution in [0, 0.1) is 5.92 Å². The highest BCUT2D eigenvalue weighted by molar-refractivity contribution is 5.80. The molecule has 0 saturated heterocycles. The molecule has 0 rings (SSSR count). The van der Waals surface area contributed by atoms with Gasteiger partial charge in [0.2, 0.25) is 0 Å². The fourth-order valence-corrected chi connectivity index (χ4v) is 0.696. The van der Waals surface area contributed by atoms with E-state index in [1.165, 1.54) is 13.8 Å². The van der Waals surface area contributed by atoms with Crippen molar-refractivity contribution in [2.45, 2.75) is 47.1 Å². The Morgan fingerprint density at radius 2 is 1.88 bits per heavy atom. The van der Waals surface area contributed by atoms with Crippen molar-refractivity contribution < 1.29 is 12.4 Å². The minimum atomic E-state index is -0.236. The number of carbonyl (C=O) groups is 2. The maximum atomic E-state index is 10.2. The van der Waals surface area contributed by atoms with E-state index in [0.29, 0.717) is 0 Å². The molecular formula is C12H32N2O2. The first-order valence-electron chi connectivity index (χ1n) is 5.67. The summed E-state index contributed by atoms with van der Waals surface area (Å²) in [7, 11) is 1.97. The molecule has 0 bridgehead atoms. The first kappa shape index (κ1) is 20.6. The molecule has 0 fully saturated rings. The van der Waals surface area contributed by atoms with Crippen LogP contribution in [0.2, 0.25) is 0 Å².